The standard InChI is InChI=1S/C12H17FN2O3/c1-12(2,3)18-11(16)15(17,14-4)10-8-6-5-7-9(10)13/h5-8,14H,1-4H3. The Bertz CT molecular complexity index is 445. The molecule has 0 aliphatic rings. The Balaban J connectivity index is 3.14. The summed E-state index contributed by atoms with van der Waals surface area (Å²) in [6.45, 7) is 4.89. The predicted molar refractivity (Wildman–Crippen MR) is 66.9 cm³/mol. The van der Waals surface area contributed by atoms with E-state index in [4.69, 9.17) is 4.74 Å². The van der Waals surface area contributed by atoms with Gasteiger partial charge < -0.3 is 9.94 Å². The maximum Gasteiger partial charge on any atom is 0.542 e. The molecule has 18 heavy (non-hydrogen) atoms. The largest absolute Gasteiger partial charge is 0.596 e. The molecule has 0 heterocycles. The quantitative estimate of drug-likeness (QED) is 0.652. The van der Waals surface area contributed by atoms with Crippen LogP contribution >= 0.6 is 0 Å². The number of carbonyl (C=O) groups excluding carboxylic acids is 1. The fourth-order valence-corrected chi connectivity index (χ4v) is 1.34. The number of nitrogens with one attached hydrogen (secondary N) is 1. The Hall–Kier alpha value is -1.50. The zero-order valence-electron chi connectivity index (χ0n) is 10.9. The summed E-state index contributed by atoms with van der Waals surface area (Å²) in [4.78, 5) is 11.9. The van der Waals surface area contributed by atoms with Gasteiger partial charge in [0.25, 0.3) is 0 Å². The van der Waals surface area contributed by atoms with Gasteiger partial charge in [0.2, 0.25) is 0 Å². The minimum atomic E-state index is -1.70. The SMILES string of the molecule is CN[N+]([O-])(C(=O)OC(C)(C)C)c1ccccc1F. The number of hydrogen-bond acceptors (Lipinski definition) is 4. The lowest BCUT2D eigenvalue weighted by atomic mass is 10.2. The fraction of sp³-hybridized carbons (Fsp3) is 0.417. The first-order chi connectivity index (χ1) is 8.20. The molecule has 0 saturated heterocycles. The van der Waals surface area contributed by atoms with E-state index in [0.717, 1.165) is 6.07 Å². The van der Waals surface area contributed by atoms with Gasteiger partial charge in [-0.2, -0.15) is 10.2 Å². The van der Waals surface area contributed by atoms with Crippen LogP contribution in [0.2, 0.25) is 0 Å². The summed E-state index contributed by atoms with van der Waals surface area (Å²) in [6.07, 6.45) is -1.12. The molecule has 1 atom stereocenters. The summed E-state index contributed by atoms with van der Waals surface area (Å²) in [6, 6.07) is 5.27. The normalized spacial score (nSPS) is 15.0. The highest BCUT2D eigenvalue weighted by Gasteiger charge is 2.37. The van der Waals surface area contributed by atoms with Gasteiger partial charge >= 0.3 is 6.09 Å². The summed E-state index contributed by atoms with van der Waals surface area (Å²) in [5.74, 6) is -0.771. The predicted octanol–water partition coefficient (Wildman–Crippen LogP) is 2.70. The third kappa shape index (κ3) is 3.04. The maximum atomic E-state index is 13.6. The summed E-state index contributed by atoms with van der Waals surface area (Å²) < 4.78 is 16.9. The highest BCUT2D eigenvalue weighted by Crippen LogP contribution is 2.25. The van der Waals surface area contributed by atoms with Crippen LogP contribution in [0, 0.1) is 11.0 Å². The Morgan fingerprint density at radius 3 is 2.39 bits per heavy atom. The van der Waals surface area contributed by atoms with E-state index in [0.29, 0.717) is 0 Å². The molecule has 0 radical (unpaired) electrons. The van der Waals surface area contributed by atoms with E-state index in [1.54, 1.807) is 20.8 Å². The molecule has 1 unspecified atom stereocenters. The van der Waals surface area contributed by atoms with Crippen LogP contribution in [0.1, 0.15) is 20.8 Å². The molecule has 1 amide bonds. The topological polar surface area (TPSA) is 61.4 Å². The van der Waals surface area contributed by atoms with Crippen LogP contribution in [-0.2, 0) is 4.74 Å². The van der Waals surface area contributed by atoms with Crippen molar-refractivity contribution in [2.75, 3.05) is 7.05 Å². The van der Waals surface area contributed by atoms with Gasteiger partial charge in [-0.25, -0.2) is 4.39 Å². The maximum absolute atomic E-state index is 13.6. The molecule has 5 nitrogen and oxygen atoms in total. The molecule has 0 saturated carbocycles. The van der Waals surface area contributed by atoms with Crippen molar-refractivity contribution in [3.8, 4) is 0 Å². The number of hydrogen-bond donors (Lipinski definition) is 1. The van der Waals surface area contributed by atoms with Gasteiger partial charge in [-0.05, 0) is 26.8 Å². The molecule has 0 fully saturated rings. The molecule has 1 aromatic carbocycles. The Kier molecular flexibility index (Phi) is 4.05. The Morgan fingerprint density at radius 1 is 1.39 bits per heavy atom. The monoisotopic (exact) mass is 256 g/mol. The third-order valence-corrected chi connectivity index (χ3v) is 2.16. The summed E-state index contributed by atoms with van der Waals surface area (Å²) in [5, 5.41) is 12.4. The Labute approximate surface area is 105 Å². The number of carbonyl (C=O) groups is 1. The number of halogens is 1. The molecular weight excluding hydrogens is 239 g/mol. The van der Waals surface area contributed by atoms with E-state index >= 15 is 0 Å². The minimum absolute atomic E-state index is 0.339. The molecule has 0 aromatic heterocycles. The number of nitrogens with zero attached hydrogens (tertiary/aromatic N) is 1. The number of benzene rings is 1. The molecule has 0 aliphatic heterocycles. The molecule has 6 heteroatoms. The molecular formula is C12H17FN2O3. The van der Waals surface area contributed by atoms with E-state index in [-0.39, 0.29) is 5.69 Å². The van der Waals surface area contributed by atoms with Crippen LogP contribution in [0.25, 0.3) is 0 Å². The van der Waals surface area contributed by atoms with Gasteiger partial charge in [-0.15, -0.1) is 4.76 Å². The minimum Gasteiger partial charge on any atom is -0.596 e. The molecule has 1 N–H and O–H groups in total. The van der Waals surface area contributed by atoms with Gasteiger partial charge in [0, 0.05) is 13.1 Å². The molecule has 0 aliphatic carbocycles. The second-order valence-corrected chi connectivity index (χ2v) is 4.76. The summed E-state index contributed by atoms with van der Waals surface area (Å²) in [5.41, 5.74) is 1.06. The lowest BCUT2D eigenvalue weighted by Crippen LogP contribution is -2.59. The number of quaternary nitrogens is 1. The van der Waals surface area contributed by atoms with Crippen molar-refractivity contribution in [1.82, 2.24) is 10.2 Å². The van der Waals surface area contributed by atoms with Crippen LogP contribution in [0.5, 0.6) is 0 Å². The van der Waals surface area contributed by atoms with E-state index in [2.05, 4.69) is 5.43 Å². The molecule has 0 bridgehead atoms. The van der Waals surface area contributed by atoms with Gasteiger partial charge in [0.1, 0.15) is 5.60 Å². The van der Waals surface area contributed by atoms with Crippen molar-refractivity contribution in [3.05, 3.63) is 35.3 Å². The lowest BCUT2D eigenvalue weighted by molar-refractivity contribution is 0.0274. The van der Waals surface area contributed by atoms with Crippen molar-refractivity contribution in [2.24, 2.45) is 0 Å². The van der Waals surface area contributed by atoms with Gasteiger partial charge in [-0.3, -0.25) is 0 Å². The number of para-hydroxylation sites is 1. The van der Waals surface area contributed by atoms with Gasteiger partial charge in [0.15, 0.2) is 11.5 Å². The molecule has 1 aromatic rings. The molecule has 0 spiro atoms. The van der Waals surface area contributed by atoms with Crippen LogP contribution in [0.4, 0.5) is 14.9 Å². The van der Waals surface area contributed by atoms with Crippen LogP contribution in [0.15, 0.2) is 24.3 Å². The van der Waals surface area contributed by atoms with Crippen molar-refractivity contribution in [3.63, 3.8) is 0 Å². The second-order valence-electron chi connectivity index (χ2n) is 4.76. The smallest absolute Gasteiger partial charge is 0.542 e. The zero-order chi connectivity index (χ0) is 14.0. The summed E-state index contributed by atoms with van der Waals surface area (Å²) >= 11 is 0. The van der Waals surface area contributed by atoms with Crippen LogP contribution < -0.4 is 10.2 Å². The number of ether oxygens (including phenoxy) is 1. The first kappa shape index (κ1) is 14.6. The van der Waals surface area contributed by atoms with Crippen molar-refractivity contribution >= 4 is 11.8 Å². The Morgan fingerprint density at radius 2 is 1.94 bits per heavy atom. The van der Waals surface area contributed by atoms with Gasteiger partial charge in [-0.1, -0.05) is 12.1 Å². The van der Waals surface area contributed by atoms with E-state index in [1.165, 1.54) is 25.2 Å². The highest BCUT2D eigenvalue weighted by atomic mass is 19.1. The van der Waals surface area contributed by atoms with E-state index in [1.807, 2.05) is 0 Å². The van der Waals surface area contributed by atoms with Crippen molar-refractivity contribution in [1.29, 1.82) is 0 Å². The van der Waals surface area contributed by atoms with Crippen LogP contribution in [0.3, 0.4) is 0 Å². The number of amides is 1. The zero-order valence-corrected chi connectivity index (χ0v) is 10.9. The molecule has 100 valence electrons. The van der Waals surface area contributed by atoms with Crippen molar-refractivity contribution < 1.29 is 13.9 Å². The number of rotatable bonds is 2. The van der Waals surface area contributed by atoms with Crippen molar-refractivity contribution in [2.45, 2.75) is 26.4 Å². The first-order valence-electron chi connectivity index (χ1n) is 5.48. The average molecular weight is 256 g/mol. The van der Waals surface area contributed by atoms with Gasteiger partial charge in [0.05, 0.1) is 0 Å². The fourth-order valence-electron chi connectivity index (χ4n) is 1.34. The number of hydroxylamine groups is 1. The second kappa shape index (κ2) is 5.01. The average Bonchev–Trinajstić information content (AvgIpc) is 2.26. The lowest BCUT2D eigenvalue weighted by Gasteiger charge is -2.37. The van der Waals surface area contributed by atoms with E-state index in [9.17, 15) is 14.4 Å². The highest BCUT2D eigenvalue weighted by molar-refractivity contribution is 5.82. The summed E-state index contributed by atoms with van der Waals surface area (Å²) in [7, 11) is 1.27. The first-order valence-corrected chi connectivity index (χ1v) is 5.48. The van der Waals surface area contributed by atoms with E-state index < -0.39 is 22.3 Å². The molecule has 1 rings (SSSR count). The van der Waals surface area contributed by atoms with Crippen LogP contribution in [-0.4, -0.2) is 18.7 Å². The third-order valence-electron chi connectivity index (χ3n) is 2.16.